The molecular formula is C11H15BrN2O2S. The largest absolute Gasteiger partial charge is 0.370 e. The van der Waals surface area contributed by atoms with Crippen molar-refractivity contribution in [1.29, 1.82) is 0 Å². The molecule has 0 aliphatic carbocycles. The molecule has 0 saturated carbocycles. The number of thiophene rings is 1. The second-order valence-corrected chi connectivity index (χ2v) is 6.22. The molecular weight excluding hydrogens is 304 g/mol. The fourth-order valence-corrected chi connectivity index (χ4v) is 2.79. The summed E-state index contributed by atoms with van der Waals surface area (Å²) in [7, 11) is 0. The van der Waals surface area contributed by atoms with Gasteiger partial charge in [0, 0.05) is 17.8 Å². The predicted octanol–water partition coefficient (Wildman–Crippen LogP) is 2.00. The molecule has 4 nitrogen and oxygen atoms in total. The molecule has 0 saturated heterocycles. The van der Waals surface area contributed by atoms with Crippen LogP contribution in [0.15, 0.2) is 15.9 Å². The summed E-state index contributed by atoms with van der Waals surface area (Å²) in [4.78, 5) is 23.3. The highest BCUT2D eigenvalue weighted by Crippen LogP contribution is 2.28. The summed E-state index contributed by atoms with van der Waals surface area (Å²) in [5.41, 5.74) is 5.01. The van der Waals surface area contributed by atoms with Gasteiger partial charge in [0.15, 0.2) is 0 Å². The molecule has 0 aromatic carbocycles. The van der Waals surface area contributed by atoms with E-state index in [9.17, 15) is 9.59 Å². The summed E-state index contributed by atoms with van der Waals surface area (Å²) in [6.45, 7) is 2.35. The maximum Gasteiger partial charge on any atom is 0.228 e. The van der Waals surface area contributed by atoms with Crippen molar-refractivity contribution in [3.8, 4) is 0 Å². The van der Waals surface area contributed by atoms with Crippen molar-refractivity contribution >= 4 is 39.1 Å². The molecule has 2 amide bonds. The lowest BCUT2D eigenvalue weighted by Crippen LogP contribution is -2.29. The third kappa shape index (κ3) is 4.87. The first-order valence-electron chi connectivity index (χ1n) is 5.32. The molecule has 1 aromatic rings. The molecule has 1 rings (SSSR count). The molecule has 1 atom stereocenters. The molecule has 6 heteroatoms. The highest BCUT2D eigenvalue weighted by molar-refractivity contribution is 9.11. The van der Waals surface area contributed by atoms with Crippen molar-refractivity contribution in [3.05, 3.63) is 20.8 Å². The van der Waals surface area contributed by atoms with E-state index in [1.165, 1.54) is 0 Å². The Morgan fingerprint density at radius 3 is 2.76 bits per heavy atom. The standard InChI is InChI=1S/C11H15BrN2O2S/c1-7(8-4-5-9(12)17-8)11(16)14-6-2-3-10(13)15/h4-5,7H,2-3,6H2,1H3,(H2,13,15)(H,14,16)/t7-/m1/s1. The van der Waals surface area contributed by atoms with Crippen molar-refractivity contribution in [2.75, 3.05) is 6.54 Å². The van der Waals surface area contributed by atoms with Crippen molar-refractivity contribution in [3.63, 3.8) is 0 Å². The highest BCUT2D eigenvalue weighted by atomic mass is 79.9. The van der Waals surface area contributed by atoms with Gasteiger partial charge in [0.2, 0.25) is 11.8 Å². The molecule has 17 heavy (non-hydrogen) atoms. The van der Waals surface area contributed by atoms with Crippen molar-refractivity contribution in [1.82, 2.24) is 5.32 Å². The zero-order valence-corrected chi connectivity index (χ0v) is 11.9. The molecule has 0 radical (unpaired) electrons. The van der Waals surface area contributed by atoms with Gasteiger partial charge in [-0.25, -0.2) is 0 Å². The first kappa shape index (κ1) is 14.2. The predicted molar refractivity (Wildman–Crippen MR) is 71.9 cm³/mol. The number of carbonyl (C=O) groups excluding carboxylic acids is 2. The molecule has 0 fully saturated rings. The lowest BCUT2D eigenvalue weighted by atomic mass is 10.1. The first-order chi connectivity index (χ1) is 8.00. The SMILES string of the molecule is C[C@@H](C(=O)NCCCC(N)=O)c1ccc(Br)s1. The second kappa shape index (κ2) is 6.76. The van der Waals surface area contributed by atoms with Crippen LogP contribution in [0, 0.1) is 0 Å². The number of nitrogens with two attached hydrogens (primary N) is 1. The van der Waals surface area contributed by atoms with E-state index in [0.29, 0.717) is 19.4 Å². The highest BCUT2D eigenvalue weighted by Gasteiger charge is 2.16. The number of hydrogen-bond donors (Lipinski definition) is 2. The number of carbonyl (C=O) groups is 2. The smallest absolute Gasteiger partial charge is 0.228 e. The van der Waals surface area contributed by atoms with Crippen LogP contribution < -0.4 is 11.1 Å². The summed E-state index contributed by atoms with van der Waals surface area (Å²) in [5.74, 6) is -0.529. The van der Waals surface area contributed by atoms with Crippen LogP contribution in [0.5, 0.6) is 0 Å². The van der Waals surface area contributed by atoms with E-state index in [2.05, 4.69) is 21.2 Å². The Morgan fingerprint density at radius 2 is 2.24 bits per heavy atom. The van der Waals surface area contributed by atoms with Gasteiger partial charge in [-0.05, 0) is 41.4 Å². The molecule has 0 spiro atoms. The second-order valence-electron chi connectivity index (χ2n) is 3.72. The van der Waals surface area contributed by atoms with Gasteiger partial charge in [-0.1, -0.05) is 0 Å². The topological polar surface area (TPSA) is 72.2 Å². The van der Waals surface area contributed by atoms with Gasteiger partial charge in [0.25, 0.3) is 0 Å². The Bertz CT molecular complexity index is 406. The fourth-order valence-electron chi connectivity index (χ4n) is 1.32. The van der Waals surface area contributed by atoms with Crippen molar-refractivity contribution < 1.29 is 9.59 Å². The van der Waals surface area contributed by atoms with Gasteiger partial charge in [0.1, 0.15) is 0 Å². The van der Waals surface area contributed by atoms with Crippen LogP contribution in [0.1, 0.15) is 30.6 Å². The minimum atomic E-state index is -0.338. The Kier molecular flexibility index (Phi) is 5.64. The van der Waals surface area contributed by atoms with Crippen LogP contribution in [-0.4, -0.2) is 18.4 Å². The quantitative estimate of drug-likeness (QED) is 0.787. The van der Waals surface area contributed by atoms with E-state index < -0.39 is 0 Å². The van der Waals surface area contributed by atoms with E-state index in [1.54, 1.807) is 11.3 Å². The molecule has 0 aliphatic rings. The third-order valence-corrected chi connectivity index (χ3v) is 4.12. The average molecular weight is 319 g/mol. The minimum Gasteiger partial charge on any atom is -0.370 e. The van der Waals surface area contributed by atoms with Crippen LogP contribution in [-0.2, 0) is 9.59 Å². The summed E-state index contributed by atoms with van der Waals surface area (Å²) in [6, 6.07) is 3.86. The molecule has 0 unspecified atom stereocenters. The Balaban J connectivity index is 2.35. The number of amides is 2. The van der Waals surface area contributed by atoms with E-state index in [-0.39, 0.29) is 17.7 Å². The fraction of sp³-hybridized carbons (Fsp3) is 0.455. The number of nitrogens with one attached hydrogen (secondary N) is 1. The van der Waals surface area contributed by atoms with Crippen LogP contribution in [0.3, 0.4) is 0 Å². The summed E-state index contributed by atoms with van der Waals surface area (Å²) in [6.07, 6.45) is 0.890. The maximum atomic E-state index is 11.8. The lowest BCUT2D eigenvalue weighted by molar-refractivity contribution is -0.122. The van der Waals surface area contributed by atoms with Crippen LogP contribution >= 0.6 is 27.3 Å². The normalized spacial score (nSPS) is 12.1. The monoisotopic (exact) mass is 318 g/mol. The van der Waals surface area contributed by atoms with Crippen molar-refractivity contribution in [2.24, 2.45) is 5.73 Å². The van der Waals surface area contributed by atoms with Gasteiger partial charge in [-0.15, -0.1) is 11.3 Å². The zero-order valence-electron chi connectivity index (χ0n) is 9.53. The van der Waals surface area contributed by atoms with Crippen LogP contribution in [0.2, 0.25) is 0 Å². The van der Waals surface area contributed by atoms with Gasteiger partial charge in [-0.3, -0.25) is 9.59 Å². The third-order valence-electron chi connectivity index (χ3n) is 2.31. The summed E-state index contributed by atoms with van der Waals surface area (Å²) >= 11 is 4.91. The van der Waals surface area contributed by atoms with E-state index >= 15 is 0 Å². The summed E-state index contributed by atoms with van der Waals surface area (Å²) in [5, 5.41) is 2.79. The Labute approximate surface area is 113 Å². The molecule has 0 aliphatic heterocycles. The zero-order chi connectivity index (χ0) is 12.8. The van der Waals surface area contributed by atoms with Gasteiger partial charge >= 0.3 is 0 Å². The number of halogens is 1. The van der Waals surface area contributed by atoms with Crippen LogP contribution in [0.4, 0.5) is 0 Å². The first-order valence-corrected chi connectivity index (χ1v) is 6.93. The molecule has 1 aromatic heterocycles. The minimum absolute atomic E-state index is 0.0242. The Morgan fingerprint density at radius 1 is 1.53 bits per heavy atom. The summed E-state index contributed by atoms with van der Waals surface area (Å²) < 4.78 is 1.01. The Hall–Kier alpha value is -0.880. The van der Waals surface area contributed by atoms with E-state index in [4.69, 9.17) is 5.73 Å². The van der Waals surface area contributed by atoms with Gasteiger partial charge in [0.05, 0.1) is 9.70 Å². The number of rotatable bonds is 6. The van der Waals surface area contributed by atoms with Crippen LogP contribution in [0.25, 0.3) is 0 Å². The number of hydrogen-bond acceptors (Lipinski definition) is 3. The van der Waals surface area contributed by atoms with Gasteiger partial charge < -0.3 is 11.1 Å². The molecule has 1 heterocycles. The van der Waals surface area contributed by atoms with E-state index in [1.807, 2.05) is 19.1 Å². The van der Waals surface area contributed by atoms with Gasteiger partial charge in [-0.2, -0.15) is 0 Å². The average Bonchev–Trinajstić information content (AvgIpc) is 2.69. The lowest BCUT2D eigenvalue weighted by Gasteiger charge is -2.09. The molecule has 94 valence electrons. The number of primary amides is 1. The molecule has 3 N–H and O–H groups in total. The molecule has 0 bridgehead atoms. The van der Waals surface area contributed by atoms with E-state index in [0.717, 1.165) is 8.66 Å². The maximum absolute atomic E-state index is 11.8. The van der Waals surface area contributed by atoms with Crippen molar-refractivity contribution in [2.45, 2.75) is 25.7 Å².